The van der Waals surface area contributed by atoms with Crippen molar-refractivity contribution in [2.45, 2.75) is 25.1 Å². The van der Waals surface area contributed by atoms with Crippen LogP contribution in [-0.4, -0.2) is 60.6 Å². The molecule has 6 nitrogen and oxygen atoms in total. The molecule has 2 fully saturated rings. The molecule has 1 N–H and O–H groups in total. The lowest BCUT2D eigenvalue weighted by Gasteiger charge is -2.35. The van der Waals surface area contributed by atoms with E-state index in [2.05, 4.69) is 5.32 Å². The monoisotopic (exact) mass is 371 g/mol. The molecule has 0 aliphatic carbocycles. The van der Waals surface area contributed by atoms with Crippen molar-refractivity contribution in [1.82, 2.24) is 9.80 Å². The number of ether oxygens (including phenoxy) is 1. The van der Waals surface area contributed by atoms with Crippen LogP contribution in [0, 0.1) is 0 Å². The summed E-state index contributed by atoms with van der Waals surface area (Å²) in [4.78, 5) is 27.7. The highest BCUT2D eigenvalue weighted by atomic mass is 19.4. The van der Waals surface area contributed by atoms with Gasteiger partial charge in [-0.2, -0.15) is 13.2 Å². The molecule has 142 valence electrons. The number of hydrogen-bond donors (Lipinski definition) is 1. The van der Waals surface area contributed by atoms with Gasteiger partial charge in [0.1, 0.15) is 6.10 Å². The smallest absolute Gasteiger partial charge is 0.368 e. The number of nitrogens with one attached hydrogen (secondary N) is 1. The fraction of sp³-hybridized carbons (Fsp3) is 0.529. The Morgan fingerprint density at radius 1 is 1.12 bits per heavy atom. The fourth-order valence-corrected chi connectivity index (χ4v) is 3.08. The molecule has 0 bridgehead atoms. The number of benzene rings is 1. The maximum absolute atomic E-state index is 12.7. The topological polar surface area (TPSA) is 61.9 Å². The summed E-state index contributed by atoms with van der Waals surface area (Å²) in [5, 5.41) is 2.48. The van der Waals surface area contributed by atoms with Gasteiger partial charge in [0, 0.05) is 38.5 Å². The second-order valence-corrected chi connectivity index (χ2v) is 6.32. The molecule has 9 heteroatoms. The van der Waals surface area contributed by atoms with Gasteiger partial charge in [-0.05, 0) is 31.0 Å². The highest BCUT2D eigenvalue weighted by molar-refractivity contribution is 5.89. The molecular weight excluding hydrogens is 351 g/mol. The number of alkyl halides is 3. The normalized spacial score (nSPS) is 21.0. The van der Waals surface area contributed by atoms with Crippen LogP contribution in [0.4, 0.5) is 23.7 Å². The first-order valence-corrected chi connectivity index (χ1v) is 8.48. The minimum absolute atomic E-state index is 0.0552. The molecule has 0 radical (unpaired) electrons. The lowest BCUT2D eigenvalue weighted by atomic mass is 10.2. The molecule has 2 saturated heterocycles. The summed E-state index contributed by atoms with van der Waals surface area (Å²) in [5.74, 6) is -0.0552. The molecule has 3 rings (SSSR count). The predicted octanol–water partition coefficient (Wildman–Crippen LogP) is 2.56. The summed E-state index contributed by atoms with van der Waals surface area (Å²) in [6.45, 7) is 2.01. The molecule has 0 unspecified atom stereocenters. The number of nitrogens with zero attached hydrogens (tertiary/aromatic N) is 2. The average molecular weight is 371 g/mol. The third-order valence-electron chi connectivity index (χ3n) is 4.52. The van der Waals surface area contributed by atoms with E-state index < -0.39 is 17.8 Å². The Bertz CT molecular complexity index is 667. The van der Waals surface area contributed by atoms with Crippen molar-refractivity contribution in [2.75, 3.05) is 38.1 Å². The highest BCUT2D eigenvalue weighted by Crippen LogP contribution is 2.30. The van der Waals surface area contributed by atoms with Crippen molar-refractivity contribution in [3.05, 3.63) is 29.8 Å². The summed E-state index contributed by atoms with van der Waals surface area (Å²) >= 11 is 0. The number of piperazine rings is 1. The highest BCUT2D eigenvalue weighted by Gasteiger charge is 2.32. The molecule has 0 aromatic heterocycles. The number of carbonyl (C=O) groups is 2. The van der Waals surface area contributed by atoms with Crippen LogP contribution in [0.25, 0.3) is 0 Å². The van der Waals surface area contributed by atoms with E-state index in [4.69, 9.17) is 4.74 Å². The van der Waals surface area contributed by atoms with E-state index in [0.717, 1.165) is 25.0 Å². The van der Waals surface area contributed by atoms with E-state index in [1.807, 2.05) is 0 Å². The van der Waals surface area contributed by atoms with Gasteiger partial charge < -0.3 is 19.9 Å². The zero-order valence-corrected chi connectivity index (χ0v) is 14.1. The molecule has 0 saturated carbocycles. The van der Waals surface area contributed by atoms with Gasteiger partial charge in [-0.3, -0.25) is 4.79 Å². The number of amides is 3. The quantitative estimate of drug-likeness (QED) is 0.869. The summed E-state index contributed by atoms with van der Waals surface area (Å²) in [6.07, 6.45) is -3.26. The average Bonchev–Trinajstić information content (AvgIpc) is 3.15. The van der Waals surface area contributed by atoms with E-state index in [1.54, 1.807) is 4.90 Å². The Morgan fingerprint density at radius 2 is 1.81 bits per heavy atom. The van der Waals surface area contributed by atoms with Crippen LogP contribution in [0.3, 0.4) is 0 Å². The molecule has 2 heterocycles. The molecule has 0 spiro atoms. The van der Waals surface area contributed by atoms with E-state index in [1.165, 1.54) is 17.0 Å². The van der Waals surface area contributed by atoms with Gasteiger partial charge in [-0.25, -0.2) is 4.79 Å². The van der Waals surface area contributed by atoms with Gasteiger partial charge in [0.25, 0.3) is 5.91 Å². The third kappa shape index (κ3) is 4.27. The van der Waals surface area contributed by atoms with E-state index in [-0.39, 0.29) is 17.7 Å². The van der Waals surface area contributed by atoms with Gasteiger partial charge in [0.05, 0.1) is 5.56 Å². The first-order valence-electron chi connectivity index (χ1n) is 8.48. The minimum atomic E-state index is -4.46. The number of hydrogen-bond acceptors (Lipinski definition) is 3. The van der Waals surface area contributed by atoms with Crippen molar-refractivity contribution in [1.29, 1.82) is 0 Å². The number of rotatable bonds is 2. The number of anilines is 1. The van der Waals surface area contributed by atoms with Crippen LogP contribution in [0.5, 0.6) is 0 Å². The Hall–Kier alpha value is -2.29. The maximum atomic E-state index is 12.7. The maximum Gasteiger partial charge on any atom is 0.416 e. The van der Waals surface area contributed by atoms with Gasteiger partial charge >= 0.3 is 12.2 Å². The van der Waals surface area contributed by atoms with Crippen molar-refractivity contribution in [3.63, 3.8) is 0 Å². The second-order valence-electron chi connectivity index (χ2n) is 6.32. The van der Waals surface area contributed by atoms with Crippen molar-refractivity contribution in [2.24, 2.45) is 0 Å². The summed E-state index contributed by atoms with van der Waals surface area (Å²) < 4.78 is 43.6. The summed E-state index contributed by atoms with van der Waals surface area (Å²) in [6, 6.07) is 4.02. The molecule has 3 amide bonds. The fourth-order valence-electron chi connectivity index (χ4n) is 3.08. The van der Waals surface area contributed by atoms with Gasteiger partial charge in [0.2, 0.25) is 0 Å². The molecule has 1 aromatic rings. The SMILES string of the molecule is O=C(Nc1cccc(C(F)(F)F)c1)N1CCN(C(=O)[C@@H]2CCCO2)CC1. The third-order valence-corrected chi connectivity index (χ3v) is 4.52. The molecule has 2 aliphatic rings. The van der Waals surface area contributed by atoms with E-state index in [9.17, 15) is 22.8 Å². The molecule has 26 heavy (non-hydrogen) atoms. The molecular formula is C17H20F3N3O3. The number of urea groups is 1. The number of carbonyl (C=O) groups excluding carboxylic acids is 2. The van der Waals surface area contributed by atoms with Crippen LogP contribution in [-0.2, 0) is 15.7 Å². The van der Waals surface area contributed by atoms with Crippen molar-refractivity contribution < 1.29 is 27.5 Å². The standard InChI is InChI=1S/C17H20F3N3O3/c18-17(19,20)12-3-1-4-13(11-12)21-16(25)23-8-6-22(7-9-23)15(24)14-5-2-10-26-14/h1,3-4,11,14H,2,5-10H2,(H,21,25)/t14-/m0/s1. The first-order chi connectivity index (χ1) is 12.3. The minimum Gasteiger partial charge on any atom is -0.368 e. The van der Waals surface area contributed by atoms with Crippen molar-refractivity contribution >= 4 is 17.6 Å². The van der Waals surface area contributed by atoms with Crippen molar-refractivity contribution in [3.8, 4) is 0 Å². The predicted molar refractivity (Wildman–Crippen MR) is 87.6 cm³/mol. The van der Waals surface area contributed by atoms with Crippen LogP contribution >= 0.6 is 0 Å². The zero-order valence-electron chi connectivity index (χ0n) is 14.1. The number of halogens is 3. The molecule has 1 aromatic carbocycles. The van der Waals surface area contributed by atoms with Crippen LogP contribution in [0.15, 0.2) is 24.3 Å². The van der Waals surface area contributed by atoms with Crippen LogP contribution in [0.1, 0.15) is 18.4 Å². The van der Waals surface area contributed by atoms with Gasteiger partial charge in [0.15, 0.2) is 0 Å². The Labute approximate surface area is 148 Å². The van der Waals surface area contributed by atoms with Crippen LogP contribution < -0.4 is 5.32 Å². The Balaban J connectivity index is 1.53. The summed E-state index contributed by atoms with van der Waals surface area (Å²) in [5.41, 5.74) is -0.732. The molecule has 2 aliphatic heterocycles. The van der Waals surface area contributed by atoms with Gasteiger partial charge in [-0.15, -0.1) is 0 Å². The van der Waals surface area contributed by atoms with E-state index in [0.29, 0.717) is 32.8 Å². The first kappa shape index (κ1) is 18.5. The summed E-state index contributed by atoms with van der Waals surface area (Å²) in [7, 11) is 0. The van der Waals surface area contributed by atoms with Crippen LogP contribution in [0.2, 0.25) is 0 Å². The molecule has 1 atom stereocenters. The zero-order chi connectivity index (χ0) is 18.7. The lowest BCUT2D eigenvalue weighted by Crippen LogP contribution is -2.53. The second kappa shape index (κ2) is 7.53. The Morgan fingerprint density at radius 3 is 2.42 bits per heavy atom. The van der Waals surface area contributed by atoms with Gasteiger partial charge in [-0.1, -0.05) is 6.07 Å². The Kier molecular flexibility index (Phi) is 5.36. The lowest BCUT2D eigenvalue weighted by molar-refractivity contribution is -0.142. The van der Waals surface area contributed by atoms with E-state index >= 15 is 0 Å². The largest absolute Gasteiger partial charge is 0.416 e.